The van der Waals surface area contributed by atoms with E-state index in [0.29, 0.717) is 46.3 Å². The molecule has 2 aliphatic heterocycles. The molecule has 10 nitrogen and oxygen atoms in total. The second kappa shape index (κ2) is 10.2. The topological polar surface area (TPSA) is 111 Å². The number of ether oxygens (including phenoxy) is 2. The van der Waals surface area contributed by atoms with Crippen LogP contribution in [0.2, 0.25) is 0 Å². The molecule has 10 heteroatoms. The number of carbonyl (C=O) groups excluding carboxylic acids is 2. The summed E-state index contributed by atoms with van der Waals surface area (Å²) < 4.78 is 13.8. The molecule has 4 heterocycles. The molecule has 2 N–H and O–H groups in total. The van der Waals surface area contributed by atoms with E-state index in [1.807, 2.05) is 34.6 Å². The van der Waals surface area contributed by atoms with Gasteiger partial charge in [-0.1, -0.05) is 0 Å². The highest BCUT2D eigenvalue weighted by molar-refractivity contribution is 5.98. The van der Waals surface area contributed by atoms with Crippen LogP contribution in [0.15, 0.2) is 24.3 Å². The van der Waals surface area contributed by atoms with Gasteiger partial charge in [0.25, 0.3) is 5.91 Å². The minimum Gasteiger partial charge on any atom is -0.495 e. The number of aromatic nitrogens is 3. The van der Waals surface area contributed by atoms with E-state index in [-0.39, 0.29) is 24.0 Å². The first-order valence-corrected chi connectivity index (χ1v) is 13.6. The number of hydrogen-bond acceptors (Lipinski definition) is 7. The maximum Gasteiger partial charge on any atom is 0.253 e. The quantitative estimate of drug-likeness (QED) is 0.463. The number of nitrogens with one attached hydrogen (secondary N) is 2. The zero-order valence-corrected chi connectivity index (χ0v) is 22.0. The summed E-state index contributed by atoms with van der Waals surface area (Å²) in [5.74, 6) is 1.88. The highest BCUT2D eigenvalue weighted by atomic mass is 16.5. The van der Waals surface area contributed by atoms with Crippen molar-refractivity contribution in [3.05, 3.63) is 35.7 Å². The van der Waals surface area contributed by atoms with Crippen LogP contribution in [0.25, 0.3) is 11.2 Å². The molecule has 2 aromatic heterocycles. The fourth-order valence-electron chi connectivity index (χ4n) is 5.35. The third kappa shape index (κ3) is 4.80. The molecule has 38 heavy (non-hydrogen) atoms. The third-order valence-corrected chi connectivity index (χ3v) is 7.58. The van der Waals surface area contributed by atoms with Crippen molar-refractivity contribution in [2.45, 2.75) is 58.1 Å². The van der Waals surface area contributed by atoms with Gasteiger partial charge in [0.2, 0.25) is 5.91 Å². The zero-order valence-electron chi connectivity index (χ0n) is 22.0. The average molecular weight is 519 g/mol. The molecule has 0 radical (unpaired) electrons. The number of carbonyl (C=O) groups is 2. The Balaban J connectivity index is 1.38. The van der Waals surface area contributed by atoms with Crippen molar-refractivity contribution in [1.29, 1.82) is 0 Å². The van der Waals surface area contributed by atoms with Gasteiger partial charge >= 0.3 is 0 Å². The van der Waals surface area contributed by atoms with Gasteiger partial charge in [0.05, 0.1) is 18.5 Å². The Labute approximate surface area is 221 Å². The lowest BCUT2D eigenvalue weighted by Gasteiger charge is -2.25. The number of pyridine rings is 1. The second-order valence-electron chi connectivity index (χ2n) is 10.4. The number of anilines is 3. The summed E-state index contributed by atoms with van der Waals surface area (Å²) in [6.45, 7) is 4.23. The standard InChI is InChI=1S/C28H34N6O4/c1-17-29-25-21(30-20-11-10-19(15-22(20)37-2)28(36)33-12-4-5-13-33)16-23(32-27(35)18-8-9-18)31-26(25)34(17)24-7-3-6-14-38-24/h10-11,15-16,18,24H,3-9,12-14H2,1-2H3,(H2,30,31,32,35). The number of rotatable bonds is 7. The van der Waals surface area contributed by atoms with Crippen LogP contribution in [-0.4, -0.2) is 58.1 Å². The first kappa shape index (κ1) is 24.7. The largest absolute Gasteiger partial charge is 0.495 e. The summed E-state index contributed by atoms with van der Waals surface area (Å²) in [4.78, 5) is 37.1. The number of benzene rings is 1. The first-order valence-electron chi connectivity index (χ1n) is 13.6. The molecule has 2 amide bonds. The van der Waals surface area contributed by atoms with Crippen molar-refractivity contribution in [3.8, 4) is 5.75 Å². The van der Waals surface area contributed by atoms with Gasteiger partial charge in [0, 0.05) is 37.2 Å². The van der Waals surface area contributed by atoms with Crippen LogP contribution in [0.5, 0.6) is 5.75 Å². The van der Waals surface area contributed by atoms with Crippen molar-refractivity contribution in [2.75, 3.05) is 37.4 Å². The maximum absolute atomic E-state index is 12.9. The Morgan fingerprint density at radius 3 is 2.55 bits per heavy atom. The van der Waals surface area contributed by atoms with Crippen LogP contribution in [-0.2, 0) is 9.53 Å². The van der Waals surface area contributed by atoms with E-state index in [9.17, 15) is 9.59 Å². The van der Waals surface area contributed by atoms with Gasteiger partial charge in [-0.2, -0.15) is 0 Å². The molecular weight excluding hydrogens is 484 g/mol. The number of imidazole rings is 1. The van der Waals surface area contributed by atoms with E-state index in [1.165, 1.54) is 0 Å². The van der Waals surface area contributed by atoms with E-state index < -0.39 is 0 Å². The molecule has 1 saturated carbocycles. The Morgan fingerprint density at radius 2 is 1.84 bits per heavy atom. The summed E-state index contributed by atoms with van der Waals surface area (Å²) in [5, 5.41) is 6.44. The fourth-order valence-corrected chi connectivity index (χ4v) is 5.35. The first-order chi connectivity index (χ1) is 18.5. The second-order valence-corrected chi connectivity index (χ2v) is 10.4. The Bertz CT molecular complexity index is 1370. The number of fused-ring (bicyclic) bond motifs is 1. The lowest BCUT2D eigenvalue weighted by Crippen LogP contribution is -2.27. The van der Waals surface area contributed by atoms with Crippen LogP contribution < -0.4 is 15.4 Å². The minimum atomic E-state index is -0.145. The third-order valence-electron chi connectivity index (χ3n) is 7.58. The van der Waals surface area contributed by atoms with Crippen LogP contribution in [0.1, 0.15) is 67.4 Å². The smallest absolute Gasteiger partial charge is 0.253 e. The SMILES string of the molecule is COc1cc(C(=O)N2CCCC2)ccc1Nc1cc(NC(=O)C2CC2)nc2c1nc(C)n2C1CCCCO1. The van der Waals surface area contributed by atoms with Gasteiger partial charge < -0.3 is 25.0 Å². The molecule has 2 saturated heterocycles. The fraction of sp³-hybridized carbons (Fsp3) is 0.500. The number of nitrogens with zero attached hydrogens (tertiary/aromatic N) is 4. The predicted molar refractivity (Wildman–Crippen MR) is 144 cm³/mol. The van der Waals surface area contributed by atoms with Crippen molar-refractivity contribution in [1.82, 2.24) is 19.4 Å². The molecule has 1 atom stereocenters. The molecule has 1 unspecified atom stereocenters. The summed E-state index contributed by atoms with van der Waals surface area (Å²) in [6, 6.07) is 7.26. The normalized spacial score (nSPS) is 19.5. The van der Waals surface area contributed by atoms with Crippen LogP contribution >= 0.6 is 0 Å². The van der Waals surface area contributed by atoms with E-state index in [4.69, 9.17) is 19.4 Å². The molecule has 3 aromatic rings. The Kier molecular flexibility index (Phi) is 6.65. The average Bonchev–Trinajstić information content (AvgIpc) is 3.54. The van der Waals surface area contributed by atoms with E-state index >= 15 is 0 Å². The van der Waals surface area contributed by atoms with Crippen LogP contribution in [0.4, 0.5) is 17.2 Å². The Hall–Kier alpha value is -3.66. The van der Waals surface area contributed by atoms with Crippen molar-refractivity contribution in [2.24, 2.45) is 5.92 Å². The van der Waals surface area contributed by atoms with Gasteiger partial charge in [-0.3, -0.25) is 14.2 Å². The summed E-state index contributed by atoms with van der Waals surface area (Å²) in [7, 11) is 1.59. The predicted octanol–water partition coefficient (Wildman–Crippen LogP) is 4.78. The molecule has 0 bridgehead atoms. The summed E-state index contributed by atoms with van der Waals surface area (Å²) in [6.07, 6.45) is 6.76. The van der Waals surface area contributed by atoms with E-state index in [1.54, 1.807) is 13.2 Å². The van der Waals surface area contributed by atoms with E-state index in [0.717, 1.165) is 63.9 Å². The number of aryl methyl sites for hydroxylation is 1. The molecule has 1 aromatic carbocycles. The van der Waals surface area contributed by atoms with Crippen LogP contribution in [0.3, 0.4) is 0 Å². The summed E-state index contributed by atoms with van der Waals surface area (Å²) in [5.41, 5.74) is 3.32. The van der Waals surface area contributed by atoms with Crippen molar-refractivity contribution >= 4 is 40.2 Å². The van der Waals surface area contributed by atoms with Crippen molar-refractivity contribution in [3.63, 3.8) is 0 Å². The molecule has 6 rings (SSSR count). The van der Waals surface area contributed by atoms with Gasteiger partial charge in [-0.05, 0) is 70.1 Å². The molecule has 3 aliphatic rings. The molecule has 3 fully saturated rings. The molecular formula is C28H34N6O4. The highest BCUT2D eigenvalue weighted by Gasteiger charge is 2.31. The molecule has 0 spiro atoms. The lowest BCUT2D eigenvalue weighted by molar-refractivity contribution is -0.117. The minimum absolute atomic E-state index is 0.0122. The monoisotopic (exact) mass is 518 g/mol. The van der Waals surface area contributed by atoms with Gasteiger partial charge in [0.1, 0.15) is 29.1 Å². The summed E-state index contributed by atoms with van der Waals surface area (Å²) >= 11 is 0. The number of amides is 2. The van der Waals surface area contributed by atoms with Crippen molar-refractivity contribution < 1.29 is 19.1 Å². The van der Waals surface area contributed by atoms with Gasteiger partial charge in [0.15, 0.2) is 5.65 Å². The molecule has 200 valence electrons. The molecule has 1 aliphatic carbocycles. The lowest BCUT2D eigenvalue weighted by atomic mass is 10.1. The van der Waals surface area contributed by atoms with Gasteiger partial charge in [-0.25, -0.2) is 9.97 Å². The van der Waals surface area contributed by atoms with Crippen LogP contribution in [0, 0.1) is 12.8 Å². The zero-order chi connectivity index (χ0) is 26.2. The highest BCUT2D eigenvalue weighted by Crippen LogP contribution is 2.37. The number of hydrogen-bond donors (Lipinski definition) is 2. The maximum atomic E-state index is 12.9. The van der Waals surface area contributed by atoms with E-state index in [2.05, 4.69) is 10.6 Å². The number of methoxy groups -OCH3 is 1. The Morgan fingerprint density at radius 1 is 1.03 bits per heavy atom. The number of likely N-dealkylation sites (tertiary alicyclic amines) is 1. The van der Waals surface area contributed by atoms with Gasteiger partial charge in [-0.15, -0.1) is 0 Å².